The molecule has 1 aromatic carbocycles. The topological polar surface area (TPSA) is 51.2 Å². The summed E-state index contributed by atoms with van der Waals surface area (Å²) in [6.07, 6.45) is 6.50. The summed E-state index contributed by atoms with van der Waals surface area (Å²) in [6, 6.07) is 9.98. The number of pyridine rings is 1. The van der Waals surface area contributed by atoms with Crippen LogP contribution >= 0.6 is 0 Å². The molecular formula is C19H20N2O2. The number of amides is 1. The number of benzene rings is 1. The van der Waals surface area contributed by atoms with Gasteiger partial charge in [0.15, 0.2) is 0 Å². The van der Waals surface area contributed by atoms with Gasteiger partial charge in [0, 0.05) is 18.0 Å². The van der Waals surface area contributed by atoms with Gasteiger partial charge in [0.1, 0.15) is 11.9 Å². The zero-order chi connectivity index (χ0) is 16.2. The van der Waals surface area contributed by atoms with E-state index in [1.807, 2.05) is 36.5 Å². The normalized spacial score (nSPS) is 19.5. The maximum absolute atomic E-state index is 11.6. The van der Waals surface area contributed by atoms with Crippen LogP contribution in [0.4, 0.5) is 0 Å². The fraction of sp³-hybridized carbons (Fsp3) is 0.263. The van der Waals surface area contributed by atoms with Crippen LogP contribution < -0.4 is 10.1 Å². The summed E-state index contributed by atoms with van der Waals surface area (Å²) >= 11 is 0. The summed E-state index contributed by atoms with van der Waals surface area (Å²) in [5.74, 6) is 0.694. The van der Waals surface area contributed by atoms with Crippen LogP contribution in [-0.4, -0.2) is 10.9 Å². The molecule has 1 heterocycles. The van der Waals surface area contributed by atoms with Crippen LogP contribution in [0, 0.1) is 6.92 Å². The molecule has 23 heavy (non-hydrogen) atoms. The van der Waals surface area contributed by atoms with Crippen LogP contribution in [0.5, 0.6) is 5.75 Å². The lowest BCUT2D eigenvalue weighted by Gasteiger charge is -2.31. The number of carbonyl (C=O) groups excluding carboxylic acids is 1. The standard InChI is InChI=1S/C19H20N2O2/c1-3-19(22)21-17-8-9-18(16-12-20-11-10-15(16)17)23-14-6-4-13(2)5-7-14/h3-7,10-12,17-18H,1,8-9H2,2H3,(H,21,22)/t17-,18+/m1/s1. The summed E-state index contributed by atoms with van der Waals surface area (Å²) < 4.78 is 6.14. The van der Waals surface area contributed by atoms with Crippen molar-refractivity contribution in [3.8, 4) is 5.75 Å². The number of hydrogen-bond donors (Lipinski definition) is 1. The molecule has 0 saturated heterocycles. The second-order valence-corrected chi connectivity index (χ2v) is 5.77. The van der Waals surface area contributed by atoms with Crippen molar-refractivity contribution in [2.24, 2.45) is 0 Å². The van der Waals surface area contributed by atoms with Crippen molar-refractivity contribution in [1.82, 2.24) is 10.3 Å². The molecule has 0 unspecified atom stereocenters. The highest BCUT2D eigenvalue weighted by Gasteiger charge is 2.29. The summed E-state index contributed by atoms with van der Waals surface area (Å²) in [5.41, 5.74) is 3.31. The van der Waals surface area contributed by atoms with E-state index in [1.165, 1.54) is 11.6 Å². The molecule has 3 rings (SSSR count). The predicted molar refractivity (Wildman–Crippen MR) is 89.1 cm³/mol. The lowest BCUT2D eigenvalue weighted by Crippen LogP contribution is -2.31. The minimum Gasteiger partial charge on any atom is -0.486 e. The number of ether oxygens (including phenoxy) is 1. The highest BCUT2D eigenvalue weighted by atomic mass is 16.5. The Kier molecular flexibility index (Phi) is 4.42. The zero-order valence-electron chi connectivity index (χ0n) is 13.2. The molecule has 0 fully saturated rings. The number of fused-ring (bicyclic) bond motifs is 1. The first-order valence-corrected chi connectivity index (χ1v) is 7.77. The Labute approximate surface area is 136 Å². The van der Waals surface area contributed by atoms with Crippen molar-refractivity contribution < 1.29 is 9.53 Å². The lowest BCUT2D eigenvalue weighted by atomic mass is 9.87. The summed E-state index contributed by atoms with van der Waals surface area (Å²) in [4.78, 5) is 15.8. The van der Waals surface area contributed by atoms with E-state index in [-0.39, 0.29) is 18.1 Å². The molecule has 0 spiro atoms. The largest absolute Gasteiger partial charge is 0.486 e. The molecule has 2 atom stereocenters. The number of aromatic nitrogens is 1. The maximum Gasteiger partial charge on any atom is 0.243 e. The van der Waals surface area contributed by atoms with Crippen molar-refractivity contribution >= 4 is 5.91 Å². The number of aryl methyl sites for hydroxylation is 1. The third-order valence-corrected chi connectivity index (χ3v) is 4.13. The van der Waals surface area contributed by atoms with Gasteiger partial charge in [-0.2, -0.15) is 0 Å². The van der Waals surface area contributed by atoms with Crippen molar-refractivity contribution in [2.75, 3.05) is 0 Å². The molecule has 1 amide bonds. The van der Waals surface area contributed by atoms with Crippen LogP contribution in [0.15, 0.2) is 55.4 Å². The Morgan fingerprint density at radius 3 is 2.78 bits per heavy atom. The molecule has 1 N–H and O–H groups in total. The molecule has 4 heteroatoms. The minimum absolute atomic E-state index is 0.0173. The van der Waals surface area contributed by atoms with Gasteiger partial charge in [-0.3, -0.25) is 9.78 Å². The Morgan fingerprint density at radius 2 is 2.04 bits per heavy atom. The second-order valence-electron chi connectivity index (χ2n) is 5.77. The van der Waals surface area contributed by atoms with Crippen LogP contribution in [-0.2, 0) is 4.79 Å². The molecule has 4 nitrogen and oxygen atoms in total. The van der Waals surface area contributed by atoms with E-state index in [0.717, 1.165) is 29.7 Å². The average Bonchev–Trinajstić information content (AvgIpc) is 2.59. The number of nitrogens with zero attached hydrogens (tertiary/aromatic N) is 1. The first kappa shape index (κ1) is 15.3. The van der Waals surface area contributed by atoms with E-state index in [2.05, 4.69) is 23.8 Å². The van der Waals surface area contributed by atoms with Crippen LogP contribution in [0.2, 0.25) is 0 Å². The van der Waals surface area contributed by atoms with Gasteiger partial charge in [0.25, 0.3) is 0 Å². The van der Waals surface area contributed by atoms with E-state index >= 15 is 0 Å². The van der Waals surface area contributed by atoms with Crippen molar-refractivity contribution in [2.45, 2.75) is 31.9 Å². The van der Waals surface area contributed by atoms with Gasteiger partial charge in [-0.25, -0.2) is 0 Å². The van der Waals surface area contributed by atoms with E-state index in [1.54, 1.807) is 6.20 Å². The summed E-state index contributed by atoms with van der Waals surface area (Å²) in [6.45, 7) is 5.56. The van der Waals surface area contributed by atoms with Crippen LogP contribution in [0.1, 0.15) is 41.7 Å². The van der Waals surface area contributed by atoms with E-state index < -0.39 is 0 Å². The molecule has 0 bridgehead atoms. The monoisotopic (exact) mass is 308 g/mol. The summed E-state index contributed by atoms with van der Waals surface area (Å²) in [5, 5.41) is 2.98. The molecule has 1 aromatic heterocycles. The second kappa shape index (κ2) is 6.65. The molecule has 1 aliphatic rings. The summed E-state index contributed by atoms with van der Waals surface area (Å²) in [7, 11) is 0. The molecule has 0 saturated carbocycles. The maximum atomic E-state index is 11.6. The molecular weight excluding hydrogens is 288 g/mol. The Morgan fingerprint density at radius 1 is 1.26 bits per heavy atom. The van der Waals surface area contributed by atoms with Crippen molar-refractivity contribution in [1.29, 1.82) is 0 Å². The Balaban J connectivity index is 1.83. The highest BCUT2D eigenvalue weighted by molar-refractivity contribution is 5.87. The average molecular weight is 308 g/mol. The van der Waals surface area contributed by atoms with Gasteiger partial charge < -0.3 is 10.1 Å². The SMILES string of the molecule is C=CC(=O)N[C@@H]1CC[C@H](Oc2ccc(C)cc2)c2cnccc21. The first-order chi connectivity index (χ1) is 11.2. The number of nitrogens with one attached hydrogen (secondary N) is 1. The first-order valence-electron chi connectivity index (χ1n) is 7.77. The molecule has 0 aliphatic heterocycles. The fourth-order valence-corrected chi connectivity index (χ4v) is 2.92. The van der Waals surface area contributed by atoms with Crippen molar-refractivity contribution in [3.63, 3.8) is 0 Å². The fourth-order valence-electron chi connectivity index (χ4n) is 2.92. The van der Waals surface area contributed by atoms with Crippen LogP contribution in [0.3, 0.4) is 0 Å². The third kappa shape index (κ3) is 3.42. The van der Waals surface area contributed by atoms with Gasteiger partial charge in [-0.1, -0.05) is 24.3 Å². The Bertz CT molecular complexity index is 710. The lowest BCUT2D eigenvalue weighted by molar-refractivity contribution is -0.117. The third-order valence-electron chi connectivity index (χ3n) is 4.13. The molecule has 1 aliphatic carbocycles. The van der Waals surface area contributed by atoms with E-state index in [0.29, 0.717) is 0 Å². The van der Waals surface area contributed by atoms with Gasteiger partial charge in [-0.15, -0.1) is 0 Å². The van der Waals surface area contributed by atoms with Crippen molar-refractivity contribution in [3.05, 3.63) is 72.1 Å². The number of rotatable bonds is 4. The molecule has 118 valence electrons. The van der Waals surface area contributed by atoms with Gasteiger partial charge in [0.05, 0.1) is 6.04 Å². The predicted octanol–water partition coefficient (Wildman–Crippen LogP) is 3.65. The highest BCUT2D eigenvalue weighted by Crippen LogP contribution is 2.38. The number of carbonyl (C=O) groups is 1. The minimum atomic E-state index is -0.157. The zero-order valence-corrected chi connectivity index (χ0v) is 13.2. The Hall–Kier alpha value is -2.62. The van der Waals surface area contributed by atoms with Gasteiger partial charge in [0.2, 0.25) is 5.91 Å². The number of hydrogen-bond acceptors (Lipinski definition) is 3. The smallest absolute Gasteiger partial charge is 0.243 e. The van der Waals surface area contributed by atoms with Crippen LogP contribution in [0.25, 0.3) is 0 Å². The van der Waals surface area contributed by atoms with Gasteiger partial charge in [-0.05, 0) is 49.6 Å². The van der Waals surface area contributed by atoms with E-state index in [9.17, 15) is 4.79 Å². The van der Waals surface area contributed by atoms with E-state index in [4.69, 9.17) is 4.74 Å². The van der Waals surface area contributed by atoms with Gasteiger partial charge >= 0.3 is 0 Å². The quantitative estimate of drug-likeness (QED) is 0.877. The molecule has 2 aromatic rings. The molecule has 0 radical (unpaired) electrons.